The van der Waals surface area contributed by atoms with Gasteiger partial charge in [0.15, 0.2) is 0 Å². The van der Waals surface area contributed by atoms with Gasteiger partial charge in [-0.2, -0.15) is 4.40 Å². The van der Waals surface area contributed by atoms with Gasteiger partial charge in [0.05, 0.1) is 17.4 Å². The zero-order valence-corrected chi connectivity index (χ0v) is 17.2. The number of esters is 1. The van der Waals surface area contributed by atoms with E-state index in [2.05, 4.69) is 4.40 Å². The van der Waals surface area contributed by atoms with Crippen LogP contribution in [0.2, 0.25) is 0 Å². The molecule has 26 heavy (non-hydrogen) atoms. The lowest BCUT2D eigenvalue weighted by atomic mass is 10.1. The predicted molar refractivity (Wildman–Crippen MR) is 109 cm³/mol. The molecule has 0 radical (unpaired) electrons. The van der Waals surface area contributed by atoms with Crippen LogP contribution >= 0.6 is 11.8 Å². The zero-order valence-electron chi connectivity index (χ0n) is 15.6. The molecule has 1 unspecified atom stereocenters. The third-order valence-corrected chi connectivity index (χ3v) is 6.24. The number of hydrogen-bond donors (Lipinski definition) is 0. The quantitative estimate of drug-likeness (QED) is 0.544. The fraction of sp³-hybridized carbons (Fsp3) is 0.300. The Bertz CT molecular complexity index is 854. The number of hydrogen-bond acceptors (Lipinski definition) is 4. The Labute approximate surface area is 161 Å². The Hall–Kier alpha value is -1.92. The number of carbonyl (C=O) groups excluding carboxylic acids is 1. The second-order valence-corrected chi connectivity index (χ2v) is 9.67. The maximum atomic E-state index is 12.2. The number of rotatable bonds is 5. The van der Waals surface area contributed by atoms with Gasteiger partial charge < -0.3 is 4.74 Å². The first-order valence-electron chi connectivity index (χ1n) is 8.15. The van der Waals surface area contributed by atoms with E-state index in [1.165, 1.54) is 18.9 Å². The summed E-state index contributed by atoms with van der Waals surface area (Å²) in [6, 6.07) is 13.2. The van der Waals surface area contributed by atoms with Crippen LogP contribution in [-0.2, 0) is 15.7 Å². The number of carbonyl (C=O) groups is 1. The SMILES string of the molecule is COC(=O)c1ccccc1Sc1c(C)cccc1C=NS(=O)C(C)(C)C. The van der Waals surface area contributed by atoms with Crippen molar-refractivity contribution in [2.24, 2.45) is 4.40 Å². The lowest BCUT2D eigenvalue weighted by Crippen LogP contribution is -2.19. The molecule has 0 bridgehead atoms. The van der Waals surface area contributed by atoms with Gasteiger partial charge in [0.25, 0.3) is 0 Å². The summed E-state index contributed by atoms with van der Waals surface area (Å²) in [7, 11) is 0.0462. The van der Waals surface area contributed by atoms with Crippen molar-refractivity contribution in [2.75, 3.05) is 7.11 Å². The number of benzene rings is 2. The van der Waals surface area contributed by atoms with Gasteiger partial charge in [-0.05, 0) is 45.4 Å². The minimum absolute atomic E-state index is 0.370. The number of nitrogens with zero attached hydrogens (tertiary/aromatic N) is 1. The van der Waals surface area contributed by atoms with Crippen molar-refractivity contribution in [3.8, 4) is 0 Å². The molecule has 0 heterocycles. The van der Waals surface area contributed by atoms with E-state index in [0.717, 1.165) is 20.9 Å². The fourth-order valence-electron chi connectivity index (χ4n) is 2.12. The van der Waals surface area contributed by atoms with E-state index in [1.807, 2.05) is 64.1 Å². The highest BCUT2D eigenvalue weighted by molar-refractivity contribution is 7.99. The lowest BCUT2D eigenvalue weighted by Gasteiger charge is -2.14. The second-order valence-electron chi connectivity index (χ2n) is 6.68. The summed E-state index contributed by atoms with van der Waals surface area (Å²) in [4.78, 5) is 13.8. The summed E-state index contributed by atoms with van der Waals surface area (Å²) in [6.07, 6.45) is 1.65. The third-order valence-electron chi connectivity index (χ3n) is 3.56. The van der Waals surface area contributed by atoms with Crippen molar-refractivity contribution in [3.63, 3.8) is 0 Å². The molecule has 1 atom stereocenters. The zero-order chi connectivity index (χ0) is 19.3. The molecule has 0 N–H and O–H groups in total. The molecule has 0 saturated heterocycles. The smallest absolute Gasteiger partial charge is 0.339 e. The van der Waals surface area contributed by atoms with Crippen molar-refractivity contribution in [3.05, 3.63) is 59.2 Å². The topological polar surface area (TPSA) is 55.7 Å². The molecule has 0 amide bonds. The number of methoxy groups -OCH3 is 1. The molecule has 2 aromatic rings. The predicted octanol–water partition coefficient (Wildman–Crippen LogP) is 4.81. The summed E-state index contributed by atoms with van der Waals surface area (Å²) in [5, 5.41) is 0. The monoisotopic (exact) mass is 389 g/mol. The van der Waals surface area contributed by atoms with E-state index in [1.54, 1.807) is 12.3 Å². The Morgan fingerprint density at radius 1 is 1.15 bits per heavy atom. The maximum Gasteiger partial charge on any atom is 0.339 e. The minimum atomic E-state index is -1.33. The molecule has 4 nitrogen and oxygen atoms in total. The molecule has 0 saturated carbocycles. The van der Waals surface area contributed by atoms with Crippen molar-refractivity contribution < 1.29 is 13.7 Å². The highest BCUT2D eigenvalue weighted by Crippen LogP contribution is 2.35. The second kappa shape index (κ2) is 8.64. The molecule has 0 spiro atoms. The van der Waals surface area contributed by atoms with Gasteiger partial charge in [0, 0.05) is 21.6 Å². The molecule has 0 aromatic heterocycles. The molecular weight excluding hydrogens is 366 g/mol. The average molecular weight is 390 g/mol. The standard InChI is InChI=1S/C20H23NO3S2/c1-14-9-8-10-15(13-21-26(23)20(2,3)4)18(14)25-17-12-7-6-11-16(17)19(22)24-5/h6-13H,1-5H3. The molecule has 6 heteroatoms. The van der Waals surface area contributed by atoms with E-state index in [0.29, 0.717) is 5.56 Å². The van der Waals surface area contributed by atoms with E-state index in [-0.39, 0.29) is 5.97 Å². The first-order valence-corrected chi connectivity index (χ1v) is 10.1. The normalized spacial score (nSPS) is 13.0. The van der Waals surface area contributed by atoms with Crippen molar-refractivity contribution in [2.45, 2.75) is 42.2 Å². The number of aryl methyl sites for hydroxylation is 1. The molecule has 0 aliphatic rings. The van der Waals surface area contributed by atoms with Crippen LogP contribution in [0, 0.1) is 6.92 Å². The van der Waals surface area contributed by atoms with Gasteiger partial charge in [-0.15, -0.1) is 0 Å². The van der Waals surface area contributed by atoms with Gasteiger partial charge in [-0.25, -0.2) is 9.00 Å². The Morgan fingerprint density at radius 3 is 2.50 bits per heavy atom. The van der Waals surface area contributed by atoms with Gasteiger partial charge in [0.2, 0.25) is 0 Å². The summed E-state index contributed by atoms with van der Waals surface area (Å²) in [5.41, 5.74) is 2.44. The van der Waals surface area contributed by atoms with E-state index < -0.39 is 15.7 Å². The highest BCUT2D eigenvalue weighted by atomic mass is 32.2. The largest absolute Gasteiger partial charge is 0.465 e. The van der Waals surface area contributed by atoms with Crippen LogP contribution in [0.1, 0.15) is 42.3 Å². The molecule has 0 aliphatic carbocycles. The van der Waals surface area contributed by atoms with Gasteiger partial charge in [-0.1, -0.05) is 42.1 Å². The van der Waals surface area contributed by atoms with Crippen LogP contribution in [0.4, 0.5) is 0 Å². The van der Waals surface area contributed by atoms with Crippen LogP contribution < -0.4 is 0 Å². The van der Waals surface area contributed by atoms with Crippen LogP contribution in [0.5, 0.6) is 0 Å². The van der Waals surface area contributed by atoms with E-state index >= 15 is 0 Å². The molecule has 2 aromatic carbocycles. The average Bonchev–Trinajstić information content (AvgIpc) is 2.60. The van der Waals surface area contributed by atoms with Crippen LogP contribution in [0.15, 0.2) is 56.7 Å². The van der Waals surface area contributed by atoms with Crippen LogP contribution in [-0.4, -0.2) is 28.2 Å². The maximum absolute atomic E-state index is 12.2. The van der Waals surface area contributed by atoms with Crippen molar-refractivity contribution in [1.82, 2.24) is 0 Å². The van der Waals surface area contributed by atoms with Crippen molar-refractivity contribution >= 4 is 34.9 Å². The summed E-state index contributed by atoms with van der Waals surface area (Å²) < 4.78 is 20.9. The fourth-order valence-corrected chi connectivity index (χ4v) is 3.74. The van der Waals surface area contributed by atoms with Crippen LogP contribution in [0.25, 0.3) is 0 Å². The van der Waals surface area contributed by atoms with E-state index in [4.69, 9.17) is 4.74 Å². The van der Waals surface area contributed by atoms with E-state index in [9.17, 15) is 9.00 Å². The van der Waals surface area contributed by atoms with Gasteiger partial charge in [-0.3, -0.25) is 0 Å². The third kappa shape index (κ3) is 5.05. The molecule has 2 rings (SSSR count). The van der Waals surface area contributed by atoms with Gasteiger partial charge >= 0.3 is 5.97 Å². The summed E-state index contributed by atoms with van der Waals surface area (Å²) in [6.45, 7) is 7.66. The van der Waals surface area contributed by atoms with Crippen molar-refractivity contribution in [1.29, 1.82) is 0 Å². The summed E-state index contributed by atoms with van der Waals surface area (Å²) in [5.74, 6) is -0.370. The molecule has 138 valence electrons. The Balaban J connectivity index is 2.42. The minimum Gasteiger partial charge on any atom is -0.465 e. The number of ether oxygens (including phenoxy) is 1. The van der Waals surface area contributed by atoms with Gasteiger partial charge in [0.1, 0.15) is 11.0 Å². The lowest BCUT2D eigenvalue weighted by molar-refractivity contribution is 0.0597. The molecular formula is C20H23NO3S2. The highest BCUT2D eigenvalue weighted by Gasteiger charge is 2.19. The molecule has 0 aliphatic heterocycles. The Kier molecular flexibility index (Phi) is 6.78. The summed E-state index contributed by atoms with van der Waals surface area (Å²) >= 11 is 1.48. The van der Waals surface area contributed by atoms with Crippen LogP contribution in [0.3, 0.4) is 0 Å². The first kappa shape index (κ1) is 20.4. The Morgan fingerprint density at radius 2 is 1.85 bits per heavy atom. The first-order chi connectivity index (χ1) is 12.2. The molecule has 0 fully saturated rings.